The summed E-state index contributed by atoms with van der Waals surface area (Å²) in [5.41, 5.74) is 3.27. The molecule has 0 radical (unpaired) electrons. The molecule has 182 valence electrons. The number of pyridine rings is 2. The molecule has 0 atom stereocenters. The normalized spacial score (nSPS) is 16.3. The van der Waals surface area contributed by atoms with Gasteiger partial charge in [-0.3, -0.25) is 14.1 Å². The van der Waals surface area contributed by atoms with E-state index < -0.39 is 0 Å². The summed E-state index contributed by atoms with van der Waals surface area (Å²) >= 11 is 1.57. The number of likely N-dealkylation sites (tertiary alicyclic amines) is 1. The monoisotopic (exact) mass is 493 g/mol. The first kappa shape index (κ1) is 22.5. The number of benzene rings is 1. The first-order valence-corrected chi connectivity index (χ1v) is 13.2. The zero-order valence-corrected chi connectivity index (χ0v) is 20.6. The van der Waals surface area contributed by atoms with Crippen LogP contribution in [0.25, 0.3) is 33.1 Å². The highest BCUT2D eigenvalue weighted by atomic mass is 32.2. The summed E-state index contributed by atoms with van der Waals surface area (Å²) in [5, 5.41) is 0.831. The Labute approximate surface area is 206 Å². The van der Waals surface area contributed by atoms with Crippen LogP contribution in [0.2, 0.25) is 0 Å². The molecule has 5 heterocycles. The second kappa shape index (κ2) is 9.28. The van der Waals surface area contributed by atoms with Crippen LogP contribution in [-0.2, 0) is 13.6 Å². The second-order valence-corrected chi connectivity index (χ2v) is 10.4. The largest absolute Gasteiger partial charge is 0.478 e. The van der Waals surface area contributed by atoms with Crippen LogP contribution in [0.3, 0.4) is 0 Å². The van der Waals surface area contributed by atoms with Crippen LogP contribution in [0.4, 0.5) is 4.39 Å². The minimum atomic E-state index is -0.337. The highest BCUT2D eigenvalue weighted by Gasteiger charge is 2.25. The van der Waals surface area contributed by atoms with Crippen molar-refractivity contribution in [1.82, 2.24) is 24.0 Å². The molecule has 0 saturated carbocycles. The number of piperidine rings is 1. The maximum atomic E-state index is 15.4. The van der Waals surface area contributed by atoms with Gasteiger partial charge in [-0.15, -0.1) is 11.8 Å². The van der Waals surface area contributed by atoms with E-state index in [1.807, 2.05) is 12.1 Å². The Hall–Kier alpha value is -2.91. The Morgan fingerprint density at radius 1 is 1.11 bits per heavy atom. The summed E-state index contributed by atoms with van der Waals surface area (Å²) in [6.07, 6.45) is 8.23. The van der Waals surface area contributed by atoms with Gasteiger partial charge in [0.2, 0.25) is 5.88 Å². The van der Waals surface area contributed by atoms with Gasteiger partial charge in [-0.1, -0.05) is 6.42 Å². The minimum Gasteiger partial charge on any atom is -0.478 e. The number of nitrogens with zero attached hydrogens (tertiary/aromatic N) is 5. The summed E-state index contributed by atoms with van der Waals surface area (Å²) in [7, 11) is 1.75. The fourth-order valence-electron chi connectivity index (χ4n) is 5.28. The average molecular weight is 494 g/mol. The van der Waals surface area contributed by atoms with Gasteiger partial charge in [0, 0.05) is 65.6 Å². The third kappa shape index (κ3) is 4.00. The van der Waals surface area contributed by atoms with Gasteiger partial charge in [0.25, 0.3) is 0 Å². The van der Waals surface area contributed by atoms with Crippen LogP contribution < -0.4 is 10.4 Å². The Morgan fingerprint density at radius 3 is 2.77 bits per heavy atom. The zero-order valence-electron chi connectivity index (χ0n) is 19.8. The number of halogens is 1. The highest BCUT2D eigenvalue weighted by Crippen LogP contribution is 2.43. The van der Waals surface area contributed by atoms with E-state index in [1.165, 1.54) is 38.4 Å². The van der Waals surface area contributed by atoms with Crippen molar-refractivity contribution in [1.29, 1.82) is 0 Å². The molecule has 3 aromatic heterocycles. The standard InChI is InChI=1S/C26H28FN5O2S/c1-30-20-16-28-19-14-18(27)22(25-23(19)24(20)32(26(30)33)11-13-35-25)17-6-7-21(29-15-17)34-12-5-10-31-8-3-2-4-9-31/h6-7,14-16H,2-5,8-13H2,1H3. The maximum Gasteiger partial charge on any atom is 0.328 e. The number of imidazole rings is 1. The molecule has 1 saturated heterocycles. The molecular weight excluding hydrogens is 465 g/mol. The van der Waals surface area contributed by atoms with E-state index in [2.05, 4.69) is 14.9 Å². The third-order valence-electron chi connectivity index (χ3n) is 7.07. The average Bonchev–Trinajstić information content (AvgIpc) is 3.01. The molecule has 0 aliphatic carbocycles. The summed E-state index contributed by atoms with van der Waals surface area (Å²) in [5.74, 6) is 0.883. The molecule has 4 aromatic rings. The SMILES string of the molecule is Cn1c(=O)n2c3c4c(c(-c5ccc(OCCCN6CCCCC6)nc5)c(F)cc4ncc31)SCC2. The minimum absolute atomic E-state index is 0.0721. The lowest BCUT2D eigenvalue weighted by Crippen LogP contribution is -2.31. The van der Waals surface area contributed by atoms with Crippen molar-refractivity contribution in [3.05, 3.63) is 46.9 Å². The summed E-state index contributed by atoms with van der Waals surface area (Å²) < 4.78 is 24.7. The van der Waals surface area contributed by atoms with Crippen molar-refractivity contribution < 1.29 is 9.13 Å². The first-order valence-electron chi connectivity index (χ1n) is 12.3. The summed E-state index contributed by atoms with van der Waals surface area (Å²) in [4.78, 5) is 25.0. The molecule has 9 heteroatoms. The third-order valence-corrected chi connectivity index (χ3v) is 8.15. The first-order chi connectivity index (χ1) is 17.1. The Bertz CT molecular complexity index is 1460. The van der Waals surface area contributed by atoms with Crippen LogP contribution in [0.15, 0.2) is 40.3 Å². The fraction of sp³-hybridized carbons (Fsp3) is 0.423. The molecule has 2 aliphatic rings. The van der Waals surface area contributed by atoms with Gasteiger partial charge in [0.05, 0.1) is 29.4 Å². The molecule has 7 nitrogen and oxygen atoms in total. The smallest absolute Gasteiger partial charge is 0.328 e. The van der Waals surface area contributed by atoms with Gasteiger partial charge in [-0.25, -0.2) is 14.2 Å². The molecule has 1 aromatic carbocycles. The van der Waals surface area contributed by atoms with Gasteiger partial charge in [-0.05, 0) is 38.4 Å². The lowest BCUT2D eigenvalue weighted by Gasteiger charge is -2.26. The molecule has 0 bridgehead atoms. The molecular formula is C26H28FN5O2S. The molecule has 2 aliphatic heterocycles. The van der Waals surface area contributed by atoms with Gasteiger partial charge in [0.1, 0.15) is 5.82 Å². The van der Waals surface area contributed by atoms with Gasteiger partial charge < -0.3 is 9.64 Å². The van der Waals surface area contributed by atoms with Crippen molar-refractivity contribution in [3.8, 4) is 17.0 Å². The number of ether oxygens (including phenoxy) is 1. The quantitative estimate of drug-likeness (QED) is 0.370. The van der Waals surface area contributed by atoms with Crippen LogP contribution in [0, 0.1) is 5.82 Å². The van der Waals surface area contributed by atoms with E-state index in [-0.39, 0.29) is 11.5 Å². The predicted octanol–water partition coefficient (Wildman–Crippen LogP) is 4.45. The number of rotatable bonds is 6. The Kier molecular flexibility index (Phi) is 5.98. The van der Waals surface area contributed by atoms with Crippen LogP contribution in [0.1, 0.15) is 25.7 Å². The number of aromatic nitrogens is 4. The van der Waals surface area contributed by atoms with Gasteiger partial charge in [0.15, 0.2) is 0 Å². The van der Waals surface area contributed by atoms with Crippen LogP contribution in [-0.4, -0.2) is 56.0 Å². The van der Waals surface area contributed by atoms with E-state index in [9.17, 15) is 4.79 Å². The summed E-state index contributed by atoms with van der Waals surface area (Å²) in [6, 6.07) is 5.14. The van der Waals surface area contributed by atoms with E-state index >= 15 is 4.39 Å². The lowest BCUT2D eigenvalue weighted by atomic mass is 10.0. The molecule has 6 rings (SSSR count). The molecule has 0 N–H and O–H groups in total. The number of aryl methyl sites for hydroxylation is 2. The second-order valence-electron chi connectivity index (χ2n) is 9.28. The van der Waals surface area contributed by atoms with E-state index in [0.29, 0.717) is 41.4 Å². The van der Waals surface area contributed by atoms with Crippen molar-refractivity contribution in [2.24, 2.45) is 7.05 Å². The zero-order chi connectivity index (χ0) is 23.9. The fourth-order valence-corrected chi connectivity index (χ4v) is 6.47. The number of hydrogen-bond donors (Lipinski definition) is 0. The Balaban J connectivity index is 1.30. The van der Waals surface area contributed by atoms with Crippen LogP contribution in [0.5, 0.6) is 5.88 Å². The van der Waals surface area contributed by atoms with Crippen molar-refractivity contribution in [2.75, 3.05) is 32.0 Å². The van der Waals surface area contributed by atoms with Crippen LogP contribution >= 0.6 is 11.8 Å². The lowest BCUT2D eigenvalue weighted by molar-refractivity contribution is 0.203. The molecule has 0 unspecified atom stereocenters. The van der Waals surface area contributed by atoms with Gasteiger partial charge >= 0.3 is 5.69 Å². The van der Waals surface area contributed by atoms with Crippen molar-refractivity contribution in [2.45, 2.75) is 37.1 Å². The predicted molar refractivity (Wildman–Crippen MR) is 137 cm³/mol. The number of hydrogen-bond acceptors (Lipinski definition) is 6. The van der Waals surface area contributed by atoms with E-state index in [4.69, 9.17) is 4.74 Å². The van der Waals surface area contributed by atoms with E-state index in [1.54, 1.807) is 40.3 Å². The highest BCUT2D eigenvalue weighted by molar-refractivity contribution is 7.99. The molecule has 1 fully saturated rings. The van der Waals surface area contributed by atoms with Gasteiger partial charge in [-0.2, -0.15) is 0 Å². The maximum absolute atomic E-state index is 15.4. The van der Waals surface area contributed by atoms with E-state index in [0.717, 1.165) is 34.3 Å². The molecule has 0 amide bonds. The number of thioether (sulfide) groups is 1. The summed E-state index contributed by atoms with van der Waals surface area (Å²) in [6.45, 7) is 4.60. The Morgan fingerprint density at radius 2 is 1.97 bits per heavy atom. The molecule has 35 heavy (non-hydrogen) atoms. The van der Waals surface area contributed by atoms with Crippen molar-refractivity contribution in [3.63, 3.8) is 0 Å². The van der Waals surface area contributed by atoms with Crippen molar-refractivity contribution >= 4 is 33.7 Å². The topological polar surface area (TPSA) is 65.2 Å². The molecule has 0 spiro atoms.